The van der Waals surface area contributed by atoms with Crippen LogP contribution in [0.4, 0.5) is 0 Å². The molecule has 2 atom stereocenters. The monoisotopic (exact) mass is 252 g/mol. The fraction of sp³-hybridized carbons (Fsp3) is 0.800. The van der Waals surface area contributed by atoms with Crippen LogP contribution < -0.4 is 5.32 Å². The van der Waals surface area contributed by atoms with Gasteiger partial charge in [-0.25, -0.2) is 0 Å². The van der Waals surface area contributed by atoms with Gasteiger partial charge in [0.25, 0.3) is 0 Å². The lowest BCUT2D eigenvalue weighted by Crippen LogP contribution is -2.43. The van der Waals surface area contributed by atoms with Crippen molar-refractivity contribution in [2.24, 2.45) is 5.92 Å². The zero-order chi connectivity index (χ0) is 12.0. The second kappa shape index (κ2) is 8.35. The van der Waals surface area contributed by atoms with E-state index in [0.717, 1.165) is 0 Å². The van der Waals surface area contributed by atoms with Gasteiger partial charge in [0, 0.05) is 19.5 Å². The molecule has 0 aliphatic rings. The first-order chi connectivity index (χ1) is 6.93. The Morgan fingerprint density at radius 2 is 1.94 bits per heavy atom. The predicted molar refractivity (Wildman–Crippen MR) is 64.8 cm³/mol. The summed E-state index contributed by atoms with van der Waals surface area (Å²) in [6, 6.07) is -0.517. The molecule has 0 bridgehead atoms. The molecular formula is C10H21ClN2O3. The molecule has 2 N–H and O–H groups in total. The van der Waals surface area contributed by atoms with Gasteiger partial charge in [-0.15, -0.1) is 12.4 Å². The van der Waals surface area contributed by atoms with E-state index in [1.54, 1.807) is 25.9 Å². The molecule has 0 rings (SSSR count). The van der Waals surface area contributed by atoms with Gasteiger partial charge < -0.3 is 10.4 Å². The molecule has 0 aliphatic heterocycles. The van der Waals surface area contributed by atoms with E-state index in [-0.39, 0.29) is 24.2 Å². The largest absolute Gasteiger partial charge is 0.480 e. The first-order valence-electron chi connectivity index (χ1n) is 5.08. The molecule has 16 heavy (non-hydrogen) atoms. The van der Waals surface area contributed by atoms with Crippen LogP contribution >= 0.6 is 12.4 Å². The van der Waals surface area contributed by atoms with E-state index in [1.807, 2.05) is 6.92 Å². The maximum atomic E-state index is 11.2. The molecule has 0 radical (unpaired) electrons. The molecular weight excluding hydrogens is 232 g/mol. The summed E-state index contributed by atoms with van der Waals surface area (Å²) in [5.74, 6) is -1.11. The molecule has 0 spiro atoms. The molecule has 0 fully saturated rings. The lowest BCUT2D eigenvalue weighted by atomic mass is 10.1. The zero-order valence-corrected chi connectivity index (χ0v) is 11.0. The molecule has 0 saturated carbocycles. The fourth-order valence-electron chi connectivity index (χ4n) is 1.56. The zero-order valence-electron chi connectivity index (χ0n) is 10.2. The summed E-state index contributed by atoms with van der Waals surface area (Å²) >= 11 is 0. The van der Waals surface area contributed by atoms with Gasteiger partial charge in [0.05, 0.1) is 0 Å². The average molecular weight is 253 g/mol. The van der Waals surface area contributed by atoms with Crippen LogP contribution in [0.25, 0.3) is 0 Å². The van der Waals surface area contributed by atoms with Gasteiger partial charge in [-0.3, -0.25) is 14.5 Å². The minimum Gasteiger partial charge on any atom is -0.480 e. The molecule has 6 heteroatoms. The second-order valence-electron chi connectivity index (χ2n) is 3.72. The maximum absolute atomic E-state index is 11.2. The van der Waals surface area contributed by atoms with Gasteiger partial charge in [0.15, 0.2) is 0 Å². The Balaban J connectivity index is 0. The number of likely N-dealkylation sites (N-methyl/N-ethyl adjacent to an activating group) is 1. The van der Waals surface area contributed by atoms with Crippen LogP contribution in [-0.4, -0.2) is 48.6 Å². The number of nitrogens with one attached hydrogen (secondary N) is 1. The number of carboxylic acid groups (broad SMARTS) is 1. The first-order valence-corrected chi connectivity index (χ1v) is 5.08. The van der Waals surface area contributed by atoms with E-state index in [1.165, 1.54) is 0 Å². The number of hydrogen-bond acceptors (Lipinski definition) is 3. The number of carbonyl (C=O) groups is 2. The number of rotatable bonds is 6. The van der Waals surface area contributed by atoms with Crippen molar-refractivity contribution in [3.05, 3.63) is 0 Å². The standard InChI is InChI=1S/C10H20N2O3.ClH/c1-5-8(10(14)15)12(4)6-7(2)9(13)11-3;/h7-8H,5-6H2,1-4H3,(H,11,13)(H,14,15);1H. The van der Waals surface area contributed by atoms with Crippen molar-refractivity contribution in [1.82, 2.24) is 10.2 Å². The minimum absolute atomic E-state index is 0. The molecule has 0 saturated heterocycles. The molecule has 0 aromatic heterocycles. The van der Waals surface area contributed by atoms with Crippen molar-refractivity contribution in [2.45, 2.75) is 26.3 Å². The van der Waals surface area contributed by atoms with Crippen molar-refractivity contribution in [3.8, 4) is 0 Å². The number of hydrogen-bond donors (Lipinski definition) is 2. The second-order valence-corrected chi connectivity index (χ2v) is 3.72. The topological polar surface area (TPSA) is 69.6 Å². The first kappa shape index (κ1) is 17.6. The normalized spacial score (nSPS) is 13.8. The molecule has 1 amide bonds. The summed E-state index contributed by atoms with van der Waals surface area (Å²) in [5, 5.41) is 11.5. The molecule has 2 unspecified atom stereocenters. The van der Waals surface area contributed by atoms with Crippen LogP contribution in [0.5, 0.6) is 0 Å². The predicted octanol–water partition coefficient (Wildman–Crippen LogP) is 0.585. The average Bonchev–Trinajstić information content (AvgIpc) is 2.16. The van der Waals surface area contributed by atoms with Gasteiger partial charge >= 0.3 is 5.97 Å². The number of aliphatic carboxylic acids is 1. The summed E-state index contributed by atoms with van der Waals surface area (Å²) in [5.41, 5.74) is 0. The number of carboxylic acids is 1. The van der Waals surface area contributed by atoms with Crippen molar-refractivity contribution in [1.29, 1.82) is 0 Å². The van der Waals surface area contributed by atoms with Crippen LogP contribution in [0, 0.1) is 5.92 Å². The van der Waals surface area contributed by atoms with Crippen LogP contribution in [-0.2, 0) is 9.59 Å². The van der Waals surface area contributed by atoms with Gasteiger partial charge in [0.2, 0.25) is 5.91 Å². The molecule has 5 nitrogen and oxygen atoms in total. The third-order valence-corrected chi connectivity index (χ3v) is 2.46. The van der Waals surface area contributed by atoms with Gasteiger partial charge in [-0.2, -0.15) is 0 Å². The summed E-state index contributed by atoms with van der Waals surface area (Å²) in [7, 11) is 3.30. The van der Waals surface area contributed by atoms with Crippen LogP contribution in [0.3, 0.4) is 0 Å². The highest BCUT2D eigenvalue weighted by atomic mass is 35.5. The van der Waals surface area contributed by atoms with Crippen LogP contribution in [0.1, 0.15) is 20.3 Å². The summed E-state index contributed by atoms with van der Waals surface area (Å²) < 4.78 is 0. The van der Waals surface area contributed by atoms with E-state index >= 15 is 0 Å². The molecule has 96 valence electrons. The fourth-order valence-corrected chi connectivity index (χ4v) is 1.56. The summed E-state index contributed by atoms with van der Waals surface area (Å²) in [4.78, 5) is 23.8. The molecule has 0 aromatic carbocycles. The van der Waals surface area contributed by atoms with E-state index in [2.05, 4.69) is 5.32 Å². The van der Waals surface area contributed by atoms with Crippen LogP contribution in [0.15, 0.2) is 0 Å². The Bertz CT molecular complexity index is 236. The van der Waals surface area contributed by atoms with E-state index < -0.39 is 12.0 Å². The van der Waals surface area contributed by atoms with Crippen molar-refractivity contribution in [2.75, 3.05) is 20.6 Å². The minimum atomic E-state index is -0.843. The molecule has 0 aromatic rings. The van der Waals surface area contributed by atoms with Crippen molar-refractivity contribution >= 4 is 24.3 Å². The third-order valence-electron chi connectivity index (χ3n) is 2.46. The summed E-state index contributed by atoms with van der Waals surface area (Å²) in [6.45, 7) is 4.05. The SMILES string of the molecule is CCC(C(=O)O)N(C)CC(C)C(=O)NC.Cl. The highest BCUT2D eigenvalue weighted by molar-refractivity contribution is 5.85. The quantitative estimate of drug-likeness (QED) is 0.726. The van der Waals surface area contributed by atoms with E-state index in [9.17, 15) is 9.59 Å². The molecule has 0 aliphatic carbocycles. The Morgan fingerprint density at radius 1 is 1.44 bits per heavy atom. The summed E-state index contributed by atoms with van der Waals surface area (Å²) in [6.07, 6.45) is 0.534. The van der Waals surface area contributed by atoms with Gasteiger partial charge in [0.1, 0.15) is 6.04 Å². The van der Waals surface area contributed by atoms with Crippen molar-refractivity contribution in [3.63, 3.8) is 0 Å². The highest BCUT2D eigenvalue weighted by Gasteiger charge is 2.23. The number of halogens is 1. The highest BCUT2D eigenvalue weighted by Crippen LogP contribution is 2.06. The number of nitrogens with zero attached hydrogens (tertiary/aromatic N) is 1. The van der Waals surface area contributed by atoms with E-state index in [4.69, 9.17) is 5.11 Å². The Kier molecular flexibility index (Phi) is 9.18. The third kappa shape index (κ3) is 5.32. The number of carbonyl (C=O) groups excluding carboxylic acids is 1. The lowest BCUT2D eigenvalue weighted by molar-refractivity contribution is -0.143. The van der Waals surface area contributed by atoms with Crippen molar-refractivity contribution < 1.29 is 14.7 Å². The Hall–Kier alpha value is -0.810. The molecule has 0 heterocycles. The maximum Gasteiger partial charge on any atom is 0.320 e. The smallest absolute Gasteiger partial charge is 0.320 e. The lowest BCUT2D eigenvalue weighted by Gasteiger charge is -2.25. The van der Waals surface area contributed by atoms with E-state index in [0.29, 0.717) is 13.0 Å². The van der Waals surface area contributed by atoms with Gasteiger partial charge in [-0.1, -0.05) is 13.8 Å². The Morgan fingerprint density at radius 3 is 2.25 bits per heavy atom. The Labute approximate surface area is 103 Å². The van der Waals surface area contributed by atoms with Gasteiger partial charge in [-0.05, 0) is 13.5 Å². The number of amides is 1. The van der Waals surface area contributed by atoms with Crippen LogP contribution in [0.2, 0.25) is 0 Å².